The molecule has 0 fully saturated rings. The Bertz CT molecular complexity index is 293. The summed E-state index contributed by atoms with van der Waals surface area (Å²) in [7, 11) is 0. The van der Waals surface area contributed by atoms with Crippen LogP contribution in [0.4, 0.5) is 0 Å². The van der Waals surface area contributed by atoms with Crippen LogP contribution >= 0.6 is 0 Å². The lowest BCUT2D eigenvalue weighted by atomic mass is 10.0. The van der Waals surface area contributed by atoms with Crippen LogP contribution < -0.4 is 5.32 Å². The Morgan fingerprint density at radius 2 is 2.33 bits per heavy atom. The smallest absolute Gasteiger partial charge is 0.0419 e. The zero-order valence-electron chi connectivity index (χ0n) is 9.66. The molecule has 1 heterocycles. The molecule has 0 bridgehead atoms. The van der Waals surface area contributed by atoms with Crippen LogP contribution in [0.1, 0.15) is 26.0 Å². The normalized spacial score (nSPS) is 12.4. The standard InChI is InChI=1S/C13H20N2/c1-4-14-13(9-11(2)3)10-12-7-5-6-8-15-12/h5-8,13-14H,2,4,9-10H2,1,3H3. The molecule has 0 aliphatic rings. The van der Waals surface area contributed by atoms with Gasteiger partial charge in [-0.05, 0) is 32.0 Å². The van der Waals surface area contributed by atoms with Crippen LogP contribution in [0.3, 0.4) is 0 Å². The van der Waals surface area contributed by atoms with E-state index in [9.17, 15) is 0 Å². The van der Waals surface area contributed by atoms with Crippen molar-refractivity contribution in [2.75, 3.05) is 6.54 Å². The second-order valence-corrected chi connectivity index (χ2v) is 3.94. The van der Waals surface area contributed by atoms with Gasteiger partial charge in [-0.2, -0.15) is 0 Å². The van der Waals surface area contributed by atoms with Crippen LogP contribution in [0.2, 0.25) is 0 Å². The molecule has 1 aromatic rings. The Morgan fingerprint density at radius 1 is 1.53 bits per heavy atom. The molecule has 15 heavy (non-hydrogen) atoms. The highest BCUT2D eigenvalue weighted by molar-refractivity contribution is 5.06. The molecule has 0 saturated carbocycles. The second kappa shape index (κ2) is 6.36. The van der Waals surface area contributed by atoms with Crippen LogP contribution in [-0.2, 0) is 6.42 Å². The summed E-state index contributed by atoms with van der Waals surface area (Å²) in [6.07, 6.45) is 3.84. The van der Waals surface area contributed by atoms with E-state index in [4.69, 9.17) is 0 Å². The number of nitrogens with one attached hydrogen (secondary N) is 1. The number of hydrogen-bond donors (Lipinski definition) is 1. The van der Waals surface area contributed by atoms with Crippen molar-refractivity contribution in [1.82, 2.24) is 10.3 Å². The summed E-state index contributed by atoms with van der Waals surface area (Å²) in [4.78, 5) is 4.34. The van der Waals surface area contributed by atoms with Crippen LogP contribution in [0.25, 0.3) is 0 Å². The van der Waals surface area contributed by atoms with Gasteiger partial charge in [-0.15, -0.1) is 6.58 Å². The lowest BCUT2D eigenvalue weighted by Gasteiger charge is -2.17. The van der Waals surface area contributed by atoms with Gasteiger partial charge >= 0.3 is 0 Å². The molecular weight excluding hydrogens is 184 g/mol. The third-order valence-electron chi connectivity index (χ3n) is 2.27. The van der Waals surface area contributed by atoms with Crippen molar-refractivity contribution in [3.05, 3.63) is 42.2 Å². The summed E-state index contributed by atoms with van der Waals surface area (Å²) in [5, 5.41) is 3.46. The van der Waals surface area contributed by atoms with E-state index in [0.717, 1.165) is 25.1 Å². The molecule has 0 aromatic carbocycles. The maximum absolute atomic E-state index is 4.34. The quantitative estimate of drug-likeness (QED) is 0.720. The Labute approximate surface area is 92.4 Å². The van der Waals surface area contributed by atoms with Crippen LogP contribution in [-0.4, -0.2) is 17.6 Å². The van der Waals surface area contributed by atoms with Gasteiger partial charge in [0.25, 0.3) is 0 Å². The van der Waals surface area contributed by atoms with E-state index in [1.165, 1.54) is 5.57 Å². The van der Waals surface area contributed by atoms with Crippen molar-refractivity contribution in [2.24, 2.45) is 0 Å². The first-order valence-corrected chi connectivity index (χ1v) is 5.50. The molecule has 2 heteroatoms. The molecule has 2 nitrogen and oxygen atoms in total. The molecular formula is C13H20N2. The van der Waals surface area contributed by atoms with E-state index >= 15 is 0 Å². The minimum atomic E-state index is 0.461. The fourth-order valence-electron chi connectivity index (χ4n) is 1.70. The van der Waals surface area contributed by atoms with Gasteiger partial charge in [0.15, 0.2) is 0 Å². The predicted molar refractivity (Wildman–Crippen MR) is 64.8 cm³/mol. The van der Waals surface area contributed by atoms with E-state index in [0.29, 0.717) is 6.04 Å². The van der Waals surface area contributed by atoms with Gasteiger partial charge in [0.2, 0.25) is 0 Å². The molecule has 1 atom stereocenters. The van der Waals surface area contributed by atoms with Crippen LogP contribution in [0.15, 0.2) is 36.5 Å². The monoisotopic (exact) mass is 204 g/mol. The zero-order valence-corrected chi connectivity index (χ0v) is 9.66. The summed E-state index contributed by atoms with van der Waals surface area (Å²) < 4.78 is 0. The summed E-state index contributed by atoms with van der Waals surface area (Å²) >= 11 is 0. The number of rotatable bonds is 6. The van der Waals surface area contributed by atoms with Gasteiger partial charge in [0, 0.05) is 24.4 Å². The Kier molecular flexibility index (Phi) is 5.05. The molecule has 0 spiro atoms. The second-order valence-electron chi connectivity index (χ2n) is 3.94. The fraction of sp³-hybridized carbons (Fsp3) is 0.462. The lowest BCUT2D eigenvalue weighted by molar-refractivity contribution is 0.515. The molecule has 0 aliphatic heterocycles. The third-order valence-corrected chi connectivity index (χ3v) is 2.27. The van der Waals surface area contributed by atoms with Crippen molar-refractivity contribution in [1.29, 1.82) is 0 Å². The van der Waals surface area contributed by atoms with Gasteiger partial charge in [-0.25, -0.2) is 0 Å². The zero-order chi connectivity index (χ0) is 11.1. The van der Waals surface area contributed by atoms with Crippen molar-refractivity contribution in [3.63, 3.8) is 0 Å². The number of hydrogen-bond acceptors (Lipinski definition) is 2. The summed E-state index contributed by atoms with van der Waals surface area (Å²) in [5.74, 6) is 0. The van der Waals surface area contributed by atoms with E-state index in [1.807, 2.05) is 18.3 Å². The van der Waals surface area contributed by atoms with Gasteiger partial charge < -0.3 is 5.32 Å². The molecule has 0 saturated heterocycles. The Hall–Kier alpha value is -1.15. The van der Waals surface area contributed by atoms with Gasteiger partial charge in [0.1, 0.15) is 0 Å². The summed E-state index contributed by atoms with van der Waals surface area (Å²) in [5.41, 5.74) is 2.36. The van der Waals surface area contributed by atoms with Crippen LogP contribution in [0.5, 0.6) is 0 Å². The average molecular weight is 204 g/mol. The first kappa shape index (κ1) is 11.9. The third kappa shape index (κ3) is 4.75. The lowest BCUT2D eigenvalue weighted by Crippen LogP contribution is -2.31. The van der Waals surface area contributed by atoms with Crippen molar-refractivity contribution in [2.45, 2.75) is 32.7 Å². The fourth-order valence-corrected chi connectivity index (χ4v) is 1.70. The molecule has 0 radical (unpaired) electrons. The SMILES string of the molecule is C=C(C)CC(Cc1ccccn1)NCC. The maximum atomic E-state index is 4.34. The number of pyridine rings is 1. The van der Waals surface area contributed by atoms with Crippen molar-refractivity contribution >= 4 is 0 Å². The molecule has 1 unspecified atom stereocenters. The van der Waals surface area contributed by atoms with E-state index < -0.39 is 0 Å². The van der Waals surface area contributed by atoms with Crippen molar-refractivity contribution in [3.8, 4) is 0 Å². The molecule has 1 aromatic heterocycles. The van der Waals surface area contributed by atoms with E-state index in [-0.39, 0.29) is 0 Å². The van der Waals surface area contributed by atoms with Gasteiger partial charge in [-0.3, -0.25) is 4.98 Å². The van der Waals surface area contributed by atoms with Crippen LogP contribution in [0, 0.1) is 0 Å². The maximum Gasteiger partial charge on any atom is 0.0419 e. The minimum absolute atomic E-state index is 0.461. The van der Waals surface area contributed by atoms with E-state index in [1.54, 1.807) is 0 Å². The highest BCUT2D eigenvalue weighted by Crippen LogP contribution is 2.07. The average Bonchev–Trinajstić information content (AvgIpc) is 2.18. The van der Waals surface area contributed by atoms with Gasteiger partial charge in [0.05, 0.1) is 0 Å². The molecule has 82 valence electrons. The first-order chi connectivity index (χ1) is 7.22. The first-order valence-electron chi connectivity index (χ1n) is 5.50. The predicted octanol–water partition coefficient (Wildman–Crippen LogP) is 2.57. The molecule has 0 aliphatic carbocycles. The summed E-state index contributed by atoms with van der Waals surface area (Å²) in [6, 6.07) is 6.52. The Morgan fingerprint density at radius 3 is 2.87 bits per heavy atom. The number of likely N-dealkylation sites (N-methyl/N-ethyl adjacent to an activating group) is 1. The van der Waals surface area contributed by atoms with Gasteiger partial charge in [-0.1, -0.05) is 18.6 Å². The number of aromatic nitrogens is 1. The number of nitrogens with zero attached hydrogens (tertiary/aromatic N) is 1. The topological polar surface area (TPSA) is 24.9 Å². The Balaban J connectivity index is 2.54. The van der Waals surface area contributed by atoms with E-state index in [2.05, 4.69) is 36.8 Å². The largest absolute Gasteiger partial charge is 0.314 e. The molecule has 1 rings (SSSR count). The molecule has 0 amide bonds. The highest BCUT2D eigenvalue weighted by Gasteiger charge is 2.08. The summed E-state index contributed by atoms with van der Waals surface area (Å²) in [6.45, 7) is 9.15. The minimum Gasteiger partial charge on any atom is -0.314 e. The van der Waals surface area contributed by atoms with Crippen molar-refractivity contribution < 1.29 is 0 Å². The highest BCUT2D eigenvalue weighted by atomic mass is 14.9. The molecule has 1 N–H and O–H groups in total.